The summed E-state index contributed by atoms with van der Waals surface area (Å²) in [4.78, 5) is 0. The largest absolute Gasteiger partial charge is 0.394 e. The smallest absolute Gasteiger partial charge is 0.190 e. The normalized spacial score (nSPS) is 45.4. The van der Waals surface area contributed by atoms with Gasteiger partial charge < -0.3 is 29.5 Å². The minimum atomic E-state index is -1.12. The number of rotatable bonds is 2. The fourth-order valence-electron chi connectivity index (χ4n) is 1.94. The number of hydrogen-bond donors (Lipinski definition) is 3. The predicted molar refractivity (Wildman–Crippen MR) is 47.8 cm³/mol. The van der Waals surface area contributed by atoms with Crippen molar-refractivity contribution in [3.63, 3.8) is 0 Å². The first-order valence-electron chi connectivity index (χ1n) is 4.93. The molecule has 88 valence electrons. The summed E-state index contributed by atoms with van der Waals surface area (Å²) in [6, 6.07) is 0. The van der Waals surface area contributed by atoms with E-state index >= 15 is 0 Å². The topological polar surface area (TPSA) is 88.4 Å². The number of aliphatic hydroxyl groups is 3. The zero-order chi connectivity index (χ0) is 11.2. The van der Waals surface area contributed by atoms with E-state index in [2.05, 4.69) is 0 Å². The quantitative estimate of drug-likeness (QED) is 0.529. The van der Waals surface area contributed by atoms with Gasteiger partial charge in [0, 0.05) is 0 Å². The summed E-state index contributed by atoms with van der Waals surface area (Å²) in [6.07, 6.45) is -4.26. The van der Waals surface area contributed by atoms with Gasteiger partial charge in [0.05, 0.1) is 6.61 Å². The molecular formula is C9H16O6. The second-order valence-corrected chi connectivity index (χ2v) is 4.31. The first kappa shape index (κ1) is 11.3. The van der Waals surface area contributed by atoms with Gasteiger partial charge in [-0.25, -0.2) is 0 Å². The third-order valence-electron chi connectivity index (χ3n) is 2.62. The maximum Gasteiger partial charge on any atom is 0.190 e. The van der Waals surface area contributed by atoms with Gasteiger partial charge in [-0.2, -0.15) is 0 Å². The van der Waals surface area contributed by atoms with Crippen LogP contribution in [0.2, 0.25) is 0 Å². The van der Waals surface area contributed by atoms with Crippen LogP contribution in [0, 0.1) is 0 Å². The average molecular weight is 220 g/mol. The van der Waals surface area contributed by atoms with Crippen molar-refractivity contribution in [2.24, 2.45) is 0 Å². The van der Waals surface area contributed by atoms with E-state index in [1.807, 2.05) is 0 Å². The second kappa shape index (κ2) is 3.65. The average Bonchev–Trinajstić information content (AvgIpc) is 2.60. The molecule has 0 amide bonds. The Balaban J connectivity index is 2.05. The lowest BCUT2D eigenvalue weighted by Crippen LogP contribution is -2.42. The first-order valence-corrected chi connectivity index (χ1v) is 4.93. The maximum absolute atomic E-state index is 9.79. The van der Waals surface area contributed by atoms with Gasteiger partial charge in [0.1, 0.15) is 24.4 Å². The van der Waals surface area contributed by atoms with Crippen molar-refractivity contribution in [2.45, 2.75) is 50.3 Å². The molecule has 6 heteroatoms. The lowest BCUT2D eigenvalue weighted by atomic mass is 10.1. The zero-order valence-electron chi connectivity index (χ0n) is 8.66. The molecule has 0 aromatic carbocycles. The van der Waals surface area contributed by atoms with Gasteiger partial charge in [-0.15, -0.1) is 0 Å². The molecule has 5 atom stereocenters. The van der Waals surface area contributed by atoms with Gasteiger partial charge in [0.25, 0.3) is 0 Å². The molecule has 0 saturated carbocycles. The molecule has 0 aliphatic carbocycles. The Hall–Kier alpha value is -0.240. The molecule has 0 aromatic heterocycles. The van der Waals surface area contributed by atoms with Crippen LogP contribution in [-0.4, -0.2) is 58.4 Å². The summed E-state index contributed by atoms with van der Waals surface area (Å²) >= 11 is 0. The van der Waals surface area contributed by atoms with Crippen molar-refractivity contribution in [2.75, 3.05) is 6.61 Å². The van der Waals surface area contributed by atoms with Gasteiger partial charge in [0.15, 0.2) is 12.1 Å². The van der Waals surface area contributed by atoms with E-state index < -0.39 is 43.1 Å². The SMILES string of the molecule is CC1(C)O[C@H]2O[C@H]([C@H](O)CO)[C@@H](O)[C@H]2O1. The van der Waals surface area contributed by atoms with Crippen LogP contribution in [0.3, 0.4) is 0 Å². The first-order chi connectivity index (χ1) is 6.94. The molecule has 15 heavy (non-hydrogen) atoms. The van der Waals surface area contributed by atoms with Gasteiger partial charge >= 0.3 is 0 Å². The van der Waals surface area contributed by atoms with Crippen LogP contribution in [0.4, 0.5) is 0 Å². The fraction of sp³-hybridized carbons (Fsp3) is 1.00. The molecule has 0 radical (unpaired) electrons. The molecule has 0 aromatic rings. The highest BCUT2D eigenvalue weighted by Crippen LogP contribution is 2.38. The van der Waals surface area contributed by atoms with E-state index in [0.717, 1.165) is 0 Å². The Morgan fingerprint density at radius 2 is 2.00 bits per heavy atom. The van der Waals surface area contributed by atoms with Crippen molar-refractivity contribution in [3.05, 3.63) is 0 Å². The molecular weight excluding hydrogens is 204 g/mol. The molecule has 6 nitrogen and oxygen atoms in total. The van der Waals surface area contributed by atoms with Crippen LogP contribution in [0.1, 0.15) is 13.8 Å². The predicted octanol–water partition coefficient (Wildman–Crippen LogP) is -1.42. The molecule has 2 fully saturated rings. The zero-order valence-corrected chi connectivity index (χ0v) is 8.66. The summed E-state index contributed by atoms with van der Waals surface area (Å²) in [5, 5.41) is 27.9. The maximum atomic E-state index is 9.79. The van der Waals surface area contributed by atoms with E-state index in [1.54, 1.807) is 13.8 Å². The van der Waals surface area contributed by atoms with E-state index in [4.69, 9.17) is 19.3 Å². The summed E-state index contributed by atoms with van der Waals surface area (Å²) in [5.74, 6) is -0.786. The molecule has 3 N–H and O–H groups in total. The van der Waals surface area contributed by atoms with Crippen LogP contribution < -0.4 is 0 Å². The standard InChI is InChI=1S/C9H16O6/c1-9(2)14-7-5(12)6(4(11)3-10)13-8(7)15-9/h4-8,10-12H,3H2,1-2H3/t4-,5-,6-,7-,8-/m1/s1. The molecule has 2 aliphatic heterocycles. The Labute approximate surface area is 87.4 Å². The van der Waals surface area contributed by atoms with E-state index in [9.17, 15) is 10.2 Å². The molecule has 2 rings (SSSR count). The summed E-state index contributed by atoms with van der Waals surface area (Å²) in [5.41, 5.74) is 0. The van der Waals surface area contributed by atoms with E-state index in [-0.39, 0.29) is 0 Å². The molecule has 0 unspecified atom stereocenters. The number of hydrogen-bond acceptors (Lipinski definition) is 6. The summed E-state index contributed by atoms with van der Waals surface area (Å²) in [7, 11) is 0. The Morgan fingerprint density at radius 1 is 1.33 bits per heavy atom. The number of fused-ring (bicyclic) bond motifs is 1. The van der Waals surface area contributed by atoms with Crippen LogP contribution in [0.25, 0.3) is 0 Å². The lowest BCUT2D eigenvalue weighted by molar-refractivity contribution is -0.227. The summed E-state index contributed by atoms with van der Waals surface area (Å²) in [6.45, 7) is 2.97. The number of aliphatic hydroxyl groups excluding tert-OH is 3. The van der Waals surface area contributed by atoms with E-state index in [0.29, 0.717) is 0 Å². The van der Waals surface area contributed by atoms with Crippen LogP contribution >= 0.6 is 0 Å². The minimum Gasteiger partial charge on any atom is -0.394 e. The van der Waals surface area contributed by atoms with Crippen molar-refractivity contribution >= 4 is 0 Å². The Kier molecular flexibility index (Phi) is 2.74. The molecule has 2 aliphatic rings. The molecule has 0 spiro atoms. The Morgan fingerprint density at radius 3 is 2.53 bits per heavy atom. The van der Waals surface area contributed by atoms with Crippen molar-refractivity contribution in [1.29, 1.82) is 0 Å². The fourth-order valence-corrected chi connectivity index (χ4v) is 1.94. The lowest BCUT2D eigenvalue weighted by Gasteiger charge is -2.24. The van der Waals surface area contributed by atoms with Gasteiger partial charge in [-0.3, -0.25) is 0 Å². The second-order valence-electron chi connectivity index (χ2n) is 4.31. The van der Waals surface area contributed by atoms with Crippen LogP contribution in [-0.2, 0) is 14.2 Å². The van der Waals surface area contributed by atoms with Crippen LogP contribution in [0.15, 0.2) is 0 Å². The molecule has 0 bridgehead atoms. The minimum absolute atomic E-state index is 0.468. The molecule has 2 saturated heterocycles. The molecule has 2 heterocycles. The van der Waals surface area contributed by atoms with Crippen molar-refractivity contribution in [3.8, 4) is 0 Å². The van der Waals surface area contributed by atoms with Gasteiger partial charge in [-0.1, -0.05) is 0 Å². The van der Waals surface area contributed by atoms with Gasteiger partial charge in [0.2, 0.25) is 0 Å². The van der Waals surface area contributed by atoms with Crippen molar-refractivity contribution in [1.82, 2.24) is 0 Å². The van der Waals surface area contributed by atoms with Crippen LogP contribution in [0.5, 0.6) is 0 Å². The van der Waals surface area contributed by atoms with Crippen molar-refractivity contribution < 1.29 is 29.5 Å². The summed E-state index contributed by atoms with van der Waals surface area (Å²) < 4.78 is 16.1. The monoisotopic (exact) mass is 220 g/mol. The third kappa shape index (κ3) is 1.89. The third-order valence-corrected chi connectivity index (χ3v) is 2.62. The van der Waals surface area contributed by atoms with Gasteiger partial charge in [-0.05, 0) is 13.8 Å². The highest BCUT2D eigenvalue weighted by Gasteiger charge is 2.55. The van der Waals surface area contributed by atoms with E-state index in [1.165, 1.54) is 0 Å². The highest BCUT2D eigenvalue weighted by atomic mass is 16.8. The highest BCUT2D eigenvalue weighted by molar-refractivity contribution is 4.95. The number of ether oxygens (including phenoxy) is 3. The Bertz CT molecular complexity index is 243.